The van der Waals surface area contributed by atoms with Gasteiger partial charge in [-0.2, -0.15) is 0 Å². The van der Waals surface area contributed by atoms with E-state index in [2.05, 4.69) is 12.2 Å². The van der Waals surface area contributed by atoms with Gasteiger partial charge in [-0.1, -0.05) is 55.5 Å². The minimum absolute atomic E-state index is 0.270. The molecule has 2 rings (SSSR count). The van der Waals surface area contributed by atoms with Crippen molar-refractivity contribution in [2.45, 2.75) is 32.6 Å². The standard InChI is InChI=1S/C22H25Cl2NO3/c1-3-4-5-6-13-28-20-11-7-16(14-21(20)27-2)8-12-22(26)25-17-9-10-18(23)19(24)15-17/h7-12,14-15H,3-6,13H2,1-2H3,(H,25,26)/b12-8-. The van der Waals surface area contributed by atoms with Gasteiger partial charge in [0.05, 0.1) is 23.8 Å². The fraction of sp³-hybridized carbons (Fsp3) is 0.318. The van der Waals surface area contributed by atoms with E-state index in [-0.39, 0.29) is 5.91 Å². The van der Waals surface area contributed by atoms with Gasteiger partial charge in [-0.15, -0.1) is 0 Å². The van der Waals surface area contributed by atoms with E-state index in [0.717, 1.165) is 18.4 Å². The monoisotopic (exact) mass is 421 g/mol. The first-order valence-corrected chi connectivity index (χ1v) is 10.0. The molecule has 0 atom stereocenters. The third-order valence-corrected chi connectivity index (χ3v) is 4.80. The molecule has 0 aliphatic carbocycles. The second-order valence-electron chi connectivity index (χ2n) is 6.27. The predicted molar refractivity (Wildman–Crippen MR) is 117 cm³/mol. The summed E-state index contributed by atoms with van der Waals surface area (Å²) in [4.78, 5) is 12.1. The van der Waals surface area contributed by atoms with Crippen molar-refractivity contribution in [1.82, 2.24) is 0 Å². The molecule has 150 valence electrons. The van der Waals surface area contributed by atoms with E-state index in [1.54, 1.807) is 31.4 Å². The SMILES string of the molecule is CCCCCCOc1ccc(/C=C\C(=O)Nc2ccc(Cl)c(Cl)c2)cc1OC. The Morgan fingerprint density at radius 2 is 1.86 bits per heavy atom. The molecule has 0 fully saturated rings. The molecule has 0 saturated heterocycles. The molecule has 0 aliphatic rings. The number of hydrogen-bond acceptors (Lipinski definition) is 3. The molecule has 2 aromatic rings. The molecule has 28 heavy (non-hydrogen) atoms. The third kappa shape index (κ3) is 7.10. The van der Waals surface area contributed by atoms with Crippen LogP contribution in [0.2, 0.25) is 10.0 Å². The highest BCUT2D eigenvalue weighted by Crippen LogP contribution is 2.29. The van der Waals surface area contributed by atoms with Crippen molar-refractivity contribution in [3.63, 3.8) is 0 Å². The molecule has 0 aromatic heterocycles. The average Bonchev–Trinajstić information content (AvgIpc) is 2.69. The molecule has 2 aromatic carbocycles. The van der Waals surface area contributed by atoms with E-state index in [4.69, 9.17) is 32.7 Å². The Kier molecular flexibility index (Phi) is 9.18. The minimum Gasteiger partial charge on any atom is -0.493 e. The summed E-state index contributed by atoms with van der Waals surface area (Å²) in [7, 11) is 1.60. The summed E-state index contributed by atoms with van der Waals surface area (Å²) in [5.74, 6) is 1.08. The maximum absolute atomic E-state index is 12.1. The molecule has 0 heterocycles. The van der Waals surface area contributed by atoms with Gasteiger partial charge in [0.15, 0.2) is 11.5 Å². The van der Waals surface area contributed by atoms with Gasteiger partial charge >= 0.3 is 0 Å². The Labute approximate surface area is 176 Å². The third-order valence-electron chi connectivity index (χ3n) is 4.06. The van der Waals surface area contributed by atoms with Gasteiger partial charge in [0.2, 0.25) is 5.91 Å². The number of hydrogen-bond donors (Lipinski definition) is 1. The topological polar surface area (TPSA) is 47.6 Å². The summed E-state index contributed by atoms with van der Waals surface area (Å²) >= 11 is 11.8. The fourth-order valence-corrected chi connectivity index (χ4v) is 2.85. The number of amides is 1. The molecule has 4 nitrogen and oxygen atoms in total. The van der Waals surface area contributed by atoms with Gasteiger partial charge in [-0.25, -0.2) is 0 Å². The van der Waals surface area contributed by atoms with E-state index < -0.39 is 0 Å². The van der Waals surface area contributed by atoms with E-state index in [9.17, 15) is 4.79 Å². The molecule has 1 amide bonds. The van der Waals surface area contributed by atoms with Crippen LogP contribution < -0.4 is 14.8 Å². The number of nitrogens with one attached hydrogen (secondary N) is 1. The first kappa shape index (κ1) is 22.1. The Bertz CT molecular complexity index is 821. The Hall–Kier alpha value is -2.17. The number of ether oxygens (including phenoxy) is 2. The van der Waals surface area contributed by atoms with Gasteiger partial charge in [0.25, 0.3) is 0 Å². The largest absolute Gasteiger partial charge is 0.493 e. The number of unbranched alkanes of at least 4 members (excludes halogenated alkanes) is 3. The number of benzene rings is 2. The van der Waals surface area contributed by atoms with Gasteiger partial charge in [0.1, 0.15) is 0 Å². The van der Waals surface area contributed by atoms with Crippen LogP contribution in [0.1, 0.15) is 38.2 Å². The maximum Gasteiger partial charge on any atom is 0.248 e. The van der Waals surface area contributed by atoms with Gasteiger partial charge in [0, 0.05) is 11.8 Å². The summed E-state index contributed by atoms with van der Waals surface area (Å²) < 4.78 is 11.2. The summed E-state index contributed by atoms with van der Waals surface area (Å²) in [6, 6.07) is 10.5. The first-order valence-electron chi connectivity index (χ1n) is 9.28. The van der Waals surface area contributed by atoms with Crippen molar-refractivity contribution in [3.8, 4) is 11.5 Å². The molecule has 1 N–H and O–H groups in total. The molecule has 6 heteroatoms. The highest BCUT2D eigenvalue weighted by Gasteiger charge is 2.06. The zero-order valence-corrected chi connectivity index (χ0v) is 17.6. The fourth-order valence-electron chi connectivity index (χ4n) is 2.55. The molecule has 0 bridgehead atoms. The predicted octanol–water partition coefficient (Wildman–Crippen LogP) is 6.61. The molecule has 0 spiro atoms. The lowest BCUT2D eigenvalue weighted by atomic mass is 10.2. The van der Waals surface area contributed by atoms with Gasteiger partial charge < -0.3 is 14.8 Å². The van der Waals surface area contributed by atoms with Crippen molar-refractivity contribution in [1.29, 1.82) is 0 Å². The van der Waals surface area contributed by atoms with Crippen LogP contribution in [0.25, 0.3) is 6.08 Å². The normalized spacial score (nSPS) is 10.9. The van der Waals surface area contributed by atoms with Gasteiger partial charge in [-0.05, 0) is 48.4 Å². The zero-order chi connectivity index (χ0) is 20.4. The van der Waals surface area contributed by atoms with Crippen molar-refractivity contribution in [3.05, 3.63) is 58.1 Å². The lowest BCUT2D eigenvalue weighted by Gasteiger charge is -2.11. The number of anilines is 1. The number of carbonyl (C=O) groups is 1. The first-order chi connectivity index (χ1) is 13.5. The molecular formula is C22H25Cl2NO3. The molecule has 0 unspecified atom stereocenters. The van der Waals surface area contributed by atoms with Crippen LogP contribution >= 0.6 is 23.2 Å². The summed E-state index contributed by atoms with van der Waals surface area (Å²) in [5, 5.41) is 3.57. The molecular weight excluding hydrogens is 397 g/mol. The van der Waals surface area contributed by atoms with E-state index in [0.29, 0.717) is 33.8 Å². The number of halogens is 2. The Morgan fingerprint density at radius 1 is 1.04 bits per heavy atom. The zero-order valence-electron chi connectivity index (χ0n) is 16.1. The van der Waals surface area contributed by atoms with Crippen LogP contribution in [-0.2, 0) is 4.79 Å². The highest BCUT2D eigenvalue weighted by atomic mass is 35.5. The second kappa shape index (κ2) is 11.6. The van der Waals surface area contributed by atoms with Crippen LogP contribution in [-0.4, -0.2) is 19.6 Å². The number of rotatable bonds is 10. The van der Waals surface area contributed by atoms with Gasteiger partial charge in [-0.3, -0.25) is 4.79 Å². The quantitative estimate of drug-likeness (QED) is 0.346. The summed E-state index contributed by atoms with van der Waals surface area (Å²) in [6.07, 6.45) is 7.75. The van der Waals surface area contributed by atoms with Crippen LogP contribution in [0.5, 0.6) is 11.5 Å². The average molecular weight is 422 g/mol. The highest BCUT2D eigenvalue weighted by molar-refractivity contribution is 6.42. The number of carbonyl (C=O) groups excluding carboxylic acids is 1. The number of methoxy groups -OCH3 is 1. The maximum atomic E-state index is 12.1. The molecule has 0 aliphatic heterocycles. The second-order valence-corrected chi connectivity index (χ2v) is 7.09. The van der Waals surface area contributed by atoms with Crippen LogP contribution in [0.15, 0.2) is 42.5 Å². The van der Waals surface area contributed by atoms with E-state index in [1.165, 1.54) is 18.9 Å². The van der Waals surface area contributed by atoms with E-state index >= 15 is 0 Å². The van der Waals surface area contributed by atoms with Crippen LogP contribution in [0.4, 0.5) is 5.69 Å². The molecule has 0 radical (unpaired) electrons. The van der Waals surface area contributed by atoms with Crippen molar-refractivity contribution >= 4 is 40.9 Å². The summed E-state index contributed by atoms with van der Waals surface area (Å²) in [5.41, 5.74) is 1.41. The van der Waals surface area contributed by atoms with E-state index in [1.807, 2.05) is 18.2 Å². The Balaban J connectivity index is 1.94. The van der Waals surface area contributed by atoms with Crippen molar-refractivity contribution < 1.29 is 14.3 Å². The Morgan fingerprint density at radius 3 is 2.57 bits per heavy atom. The van der Waals surface area contributed by atoms with Crippen molar-refractivity contribution in [2.75, 3.05) is 19.0 Å². The minimum atomic E-state index is -0.270. The van der Waals surface area contributed by atoms with Crippen molar-refractivity contribution in [2.24, 2.45) is 0 Å². The van der Waals surface area contributed by atoms with Crippen LogP contribution in [0, 0.1) is 0 Å². The lowest BCUT2D eigenvalue weighted by molar-refractivity contribution is -0.111. The lowest BCUT2D eigenvalue weighted by Crippen LogP contribution is -2.07. The van der Waals surface area contributed by atoms with Crippen LogP contribution in [0.3, 0.4) is 0 Å². The summed E-state index contributed by atoms with van der Waals surface area (Å²) in [6.45, 7) is 2.85. The molecule has 0 saturated carbocycles. The smallest absolute Gasteiger partial charge is 0.248 e.